The van der Waals surface area contributed by atoms with Gasteiger partial charge in [0.25, 0.3) is 5.91 Å². The maximum atomic E-state index is 12.7. The van der Waals surface area contributed by atoms with Crippen LogP contribution in [0.3, 0.4) is 0 Å². The van der Waals surface area contributed by atoms with Crippen molar-refractivity contribution in [3.05, 3.63) is 30.1 Å². The Kier molecular flexibility index (Phi) is 4.27. The second-order valence-corrected chi connectivity index (χ2v) is 7.05. The molecule has 2 atom stereocenters. The minimum Gasteiger partial charge on any atom is -0.481 e. The molecule has 1 aromatic rings. The molecule has 7 heteroatoms. The molecule has 1 saturated heterocycles. The molecule has 1 aliphatic rings. The van der Waals surface area contributed by atoms with Crippen LogP contribution in [0.4, 0.5) is 4.39 Å². The lowest BCUT2D eigenvalue weighted by atomic mass is 10.2. The highest BCUT2D eigenvalue weighted by molar-refractivity contribution is 7.91. The first-order valence-corrected chi connectivity index (χ1v) is 8.11. The highest BCUT2D eigenvalue weighted by Crippen LogP contribution is 2.14. The predicted molar refractivity (Wildman–Crippen MR) is 71.7 cm³/mol. The van der Waals surface area contributed by atoms with Gasteiger partial charge in [0.2, 0.25) is 0 Å². The SMILES string of the molecule is C[C@H](Oc1ccc(F)cc1)C(=O)N[C@@H]1CCS(=O)(=O)C1. The molecule has 0 bridgehead atoms. The van der Waals surface area contributed by atoms with Crippen molar-refractivity contribution in [3.8, 4) is 5.75 Å². The van der Waals surface area contributed by atoms with Crippen LogP contribution >= 0.6 is 0 Å². The van der Waals surface area contributed by atoms with Crippen LogP contribution in [0, 0.1) is 5.82 Å². The Balaban J connectivity index is 1.88. The third-order valence-electron chi connectivity index (χ3n) is 3.07. The molecule has 0 radical (unpaired) electrons. The minimum absolute atomic E-state index is 0.0258. The Morgan fingerprint density at radius 2 is 2.05 bits per heavy atom. The Morgan fingerprint density at radius 1 is 1.40 bits per heavy atom. The molecule has 1 N–H and O–H groups in total. The maximum Gasteiger partial charge on any atom is 0.261 e. The first-order valence-electron chi connectivity index (χ1n) is 6.29. The van der Waals surface area contributed by atoms with E-state index in [0.29, 0.717) is 12.2 Å². The molecule has 20 heavy (non-hydrogen) atoms. The van der Waals surface area contributed by atoms with Crippen LogP contribution in [0.1, 0.15) is 13.3 Å². The van der Waals surface area contributed by atoms with E-state index in [4.69, 9.17) is 4.74 Å². The molecule has 0 spiro atoms. The van der Waals surface area contributed by atoms with Gasteiger partial charge < -0.3 is 10.1 Å². The highest BCUT2D eigenvalue weighted by Gasteiger charge is 2.30. The van der Waals surface area contributed by atoms with Gasteiger partial charge in [-0.1, -0.05) is 0 Å². The quantitative estimate of drug-likeness (QED) is 0.896. The first-order chi connectivity index (χ1) is 9.35. The van der Waals surface area contributed by atoms with Gasteiger partial charge in [0.1, 0.15) is 11.6 Å². The van der Waals surface area contributed by atoms with Crippen molar-refractivity contribution in [1.29, 1.82) is 0 Å². The second-order valence-electron chi connectivity index (χ2n) is 4.82. The van der Waals surface area contributed by atoms with Crippen LogP contribution in [0.25, 0.3) is 0 Å². The van der Waals surface area contributed by atoms with E-state index >= 15 is 0 Å². The zero-order chi connectivity index (χ0) is 14.8. The summed E-state index contributed by atoms with van der Waals surface area (Å²) in [5.74, 6) is -0.303. The summed E-state index contributed by atoms with van der Waals surface area (Å²) in [5, 5.41) is 2.65. The number of carbonyl (C=O) groups excluding carboxylic acids is 1. The van der Waals surface area contributed by atoms with Crippen LogP contribution in [-0.4, -0.2) is 38.0 Å². The fourth-order valence-electron chi connectivity index (χ4n) is 2.00. The maximum absolute atomic E-state index is 12.7. The van der Waals surface area contributed by atoms with E-state index in [1.165, 1.54) is 24.3 Å². The molecule has 0 aromatic heterocycles. The molecule has 1 aliphatic heterocycles. The monoisotopic (exact) mass is 301 g/mol. The summed E-state index contributed by atoms with van der Waals surface area (Å²) in [6.45, 7) is 1.56. The van der Waals surface area contributed by atoms with Gasteiger partial charge in [-0.15, -0.1) is 0 Å². The van der Waals surface area contributed by atoms with Crippen molar-refractivity contribution < 1.29 is 22.3 Å². The van der Waals surface area contributed by atoms with Crippen LogP contribution < -0.4 is 10.1 Å². The number of sulfone groups is 1. The lowest BCUT2D eigenvalue weighted by Crippen LogP contribution is -2.43. The van der Waals surface area contributed by atoms with Gasteiger partial charge >= 0.3 is 0 Å². The van der Waals surface area contributed by atoms with Crippen molar-refractivity contribution >= 4 is 15.7 Å². The summed E-state index contributed by atoms with van der Waals surface area (Å²) in [6.07, 6.45) is -0.346. The molecule has 5 nitrogen and oxygen atoms in total. The van der Waals surface area contributed by atoms with E-state index in [1.807, 2.05) is 0 Å². The third-order valence-corrected chi connectivity index (χ3v) is 4.84. The Labute approximate surface area is 117 Å². The van der Waals surface area contributed by atoms with Crippen LogP contribution in [0.15, 0.2) is 24.3 Å². The van der Waals surface area contributed by atoms with Crippen molar-refractivity contribution in [3.63, 3.8) is 0 Å². The zero-order valence-electron chi connectivity index (χ0n) is 11.0. The van der Waals surface area contributed by atoms with Gasteiger partial charge in [-0.05, 0) is 37.6 Å². The molecule has 0 saturated carbocycles. The number of hydrogen-bond acceptors (Lipinski definition) is 4. The number of amides is 1. The molecular weight excluding hydrogens is 285 g/mol. The van der Waals surface area contributed by atoms with Gasteiger partial charge in [0, 0.05) is 6.04 Å². The van der Waals surface area contributed by atoms with Crippen LogP contribution in [-0.2, 0) is 14.6 Å². The van der Waals surface area contributed by atoms with Gasteiger partial charge in [0.05, 0.1) is 11.5 Å². The van der Waals surface area contributed by atoms with Gasteiger partial charge in [-0.25, -0.2) is 12.8 Å². The Bertz CT molecular complexity index is 585. The molecule has 2 rings (SSSR count). The lowest BCUT2D eigenvalue weighted by molar-refractivity contribution is -0.127. The molecule has 1 fully saturated rings. The molecule has 1 heterocycles. The average Bonchev–Trinajstić information content (AvgIpc) is 2.71. The lowest BCUT2D eigenvalue weighted by Gasteiger charge is -2.17. The largest absolute Gasteiger partial charge is 0.481 e. The van der Waals surface area contributed by atoms with Crippen molar-refractivity contribution in [2.45, 2.75) is 25.5 Å². The third kappa shape index (κ3) is 3.93. The summed E-state index contributed by atoms with van der Waals surface area (Å²) in [4.78, 5) is 11.9. The Morgan fingerprint density at radius 3 is 2.60 bits per heavy atom. The first kappa shape index (κ1) is 14.8. The van der Waals surface area contributed by atoms with Crippen molar-refractivity contribution in [1.82, 2.24) is 5.32 Å². The average molecular weight is 301 g/mol. The standard InChI is InChI=1S/C13H16FNO4S/c1-9(19-12-4-2-10(14)3-5-12)13(16)15-11-6-7-20(17,18)8-11/h2-5,9,11H,6-8H2,1H3,(H,15,16)/t9-,11+/m0/s1. The molecule has 0 unspecified atom stereocenters. The molecule has 1 aromatic carbocycles. The number of halogens is 1. The van der Waals surface area contributed by atoms with Crippen LogP contribution in [0.5, 0.6) is 5.75 Å². The molecule has 110 valence electrons. The van der Waals surface area contributed by atoms with Gasteiger partial charge in [-0.3, -0.25) is 4.79 Å². The topological polar surface area (TPSA) is 72.5 Å². The molecule has 1 amide bonds. The number of ether oxygens (including phenoxy) is 1. The van der Waals surface area contributed by atoms with Crippen molar-refractivity contribution in [2.24, 2.45) is 0 Å². The zero-order valence-corrected chi connectivity index (χ0v) is 11.8. The number of benzene rings is 1. The van der Waals surface area contributed by atoms with E-state index in [1.54, 1.807) is 6.92 Å². The van der Waals surface area contributed by atoms with E-state index in [-0.39, 0.29) is 29.3 Å². The fourth-order valence-corrected chi connectivity index (χ4v) is 3.67. The fraction of sp³-hybridized carbons (Fsp3) is 0.462. The normalized spacial score (nSPS) is 22.2. The van der Waals surface area contributed by atoms with E-state index in [0.717, 1.165) is 0 Å². The van der Waals surface area contributed by atoms with E-state index in [9.17, 15) is 17.6 Å². The second kappa shape index (κ2) is 5.78. The highest BCUT2D eigenvalue weighted by atomic mass is 32.2. The predicted octanol–water partition coefficient (Wildman–Crippen LogP) is 0.896. The minimum atomic E-state index is -3.03. The molecule has 0 aliphatic carbocycles. The number of nitrogens with one attached hydrogen (secondary N) is 1. The van der Waals surface area contributed by atoms with Gasteiger partial charge in [-0.2, -0.15) is 0 Å². The number of hydrogen-bond donors (Lipinski definition) is 1. The van der Waals surface area contributed by atoms with E-state index in [2.05, 4.69) is 5.32 Å². The van der Waals surface area contributed by atoms with Crippen molar-refractivity contribution in [2.75, 3.05) is 11.5 Å². The van der Waals surface area contributed by atoms with Crippen LogP contribution in [0.2, 0.25) is 0 Å². The summed E-state index contributed by atoms with van der Waals surface area (Å²) in [6, 6.07) is 4.98. The number of carbonyl (C=O) groups is 1. The summed E-state index contributed by atoms with van der Waals surface area (Å²) < 4.78 is 40.7. The Hall–Kier alpha value is -1.63. The smallest absolute Gasteiger partial charge is 0.261 e. The number of rotatable bonds is 4. The summed E-state index contributed by atoms with van der Waals surface area (Å²) in [7, 11) is -3.03. The summed E-state index contributed by atoms with van der Waals surface area (Å²) in [5.41, 5.74) is 0. The van der Waals surface area contributed by atoms with Gasteiger partial charge in [0.15, 0.2) is 15.9 Å². The van der Waals surface area contributed by atoms with E-state index < -0.39 is 15.9 Å². The summed E-state index contributed by atoms with van der Waals surface area (Å²) >= 11 is 0. The molecular formula is C13H16FNO4S.